The number of rotatable bonds is 7. The Morgan fingerprint density at radius 1 is 1.31 bits per heavy atom. The van der Waals surface area contributed by atoms with Crippen LogP contribution in [-0.2, 0) is 6.54 Å². The fourth-order valence-corrected chi connectivity index (χ4v) is 3.27. The van der Waals surface area contributed by atoms with Crippen molar-refractivity contribution in [2.45, 2.75) is 26.0 Å². The van der Waals surface area contributed by atoms with Crippen molar-refractivity contribution in [1.29, 1.82) is 0 Å². The highest BCUT2D eigenvalue weighted by Crippen LogP contribution is 2.29. The molecule has 1 atom stereocenters. The van der Waals surface area contributed by atoms with Gasteiger partial charge in [-0.25, -0.2) is 8.78 Å². The molecule has 0 saturated heterocycles. The van der Waals surface area contributed by atoms with Crippen molar-refractivity contribution in [2.24, 2.45) is 5.73 Å². The average Bonchev–Trinajstić information content (AvgIpc) is 2.70. The zero-order chi connectivity index (χ0) is 21.0. The number of hydrogen-bond acceptors (Lipinski definition) is 5. The molecular formula is C20H19BrF2N4O2. The monoisotopic (exact) mass is 464 g/mol. The number of ether oxygens (including phenoxy) is 1. The van der Waals surface area contributed by atoms with E-state index in [0.717, 1.165) is 17.7 Å². The number of nitrogens with two attached hydrogens (primary N) is 1. The number of halogens is 3. The van der Waals surface area contributed by atoms with Crippen molar-refractivity contribution in [3.05, 3.63) is 86.1 Å². The zero-order valence-electron chi connectivity index (χ0n) is 15.6. The molecule has 3 aromatic rings. The van der Waals surface area contributed by atoms with Gasteiger partial charge in [-0.1, -0.05) is 6.07 Å². The minimum absolute atomic E-state index is 0.0251. The normalized spacial score (nSPS) is 12.0. The van der Waals surface area contributed by atoms with Crippen LogP contribution < -0.4 is 16.0 Å². The van der Waals surface area contributed by atoms with Gasteiger partial charge in [-0.3, -0.25) is 14.3 Å². The highest BCUT2D eigenvalue weighted by molar-refractivity contribution is 9.10. The second kappa shape index (κ2) is 9.23. The van der Waals surface area contributed by atoms with Crippen LogP contribution in [0.4, 0.5) is 8.78 Å². The van der Waals surface area contributed by atoms with Gasteiger partial charge >= 0.3 is 0 Å². The van der Waals surface area contributed by atoms with Crippen LogP contribution in [0.15, 0.2) is 52.0 Å². The van der Waals surface area contributed by atoms with Crippen molar-refractivity contribution in [2.75, 3.05) is 6.54 Å². The van der Waals surface area contributed by atoms with Crippen molar-refractivity contribution in [1.82, 2.24) is 14.5 Å². The standard InChI is InChI=1S/C20H19BrF2N4O2/c1-12-26-19(18(21)20(28)27(12)11-13-3-2-8-25-10-13)29-17(6-7-24)15-5-4-14(22)9-16(15)23/h2-5,8-10,17H,6-7,11,24H2,1H3. The van der Waals surface area contributed by atoms with E-state index < -0.39 is 17.7 Å². The first kappa shape index (κ1) is 21.1. The number of pyridine rings is 1. The summed E-state index contributed by atoms with van der Waals surface area (Å²) in [6.07, 6.45) is 2.75. The van der Waals surface area contributed by atoms with E-state index in [1.807, 2.05) is 6.07 Å². The highest BCUT2D eigenvalue weighted by Gasteiger charge is 2.22. The van der Waals surface area contributed by atoms with Crippen molar-refractivity contribution < 1.29 is 13.5 Å². The van der Waals surface area contributed by atoms with Crippen molar-refractivity contribution >= 4 is 15.9 Å². The summed E-state index contributed by atoms with van der Waals surface area (Å²) in [6, 6.07) is 6.86. The number of benzene rings is 1. The summed E-state index contributed by atoms with van der Waals surface area (Å²) in [4.78, 5) is 21.2. The van der Waals surface area contributed by atoms with Gasteiger partial charge in [-0.05, 0) is 53.2 Å². The maximum Gasteiger partial charge on any atom is 0.272 e. The first-order chi connectivity index (χ1) is 13.9. The molecule has 2 aromatic heterocycles. The van der Waals surface area contributed by atoms with Crippen LogP contribution in [0.5, 0.6) is 5.88 Å². The third kappa shape index (κ3) is 4.86. The lowest BCUT2D eigenvalue weighted by Gasteiger charge is -2.21. The van der Waals surface area contributed by atoms with Gasteiger partial charge in [-0.15, -0.1) is 0 Å². The molecule has 0 radical (unpaired) electrons. The summed E-state index contributed by atoms with van der Waals surface area (Å²) in [6.45, 7) is 2.17. The summed E-state index contributed by atoms with van der Waals surface area (Å²) in [7, 11) is 0. The molecule has 0 spiro atoms. The molecule has 29 heavy (non-hydrogen) atoms. The van der Waals surface area contributed by atoms with Gasteiger partial charge in [0.2, 0.25) is 5.88 Å². The molecule has 6 nitrogen and oxygen atoms in total. The van der Waals surface area contributed by atoms with Crippen LogP contribution in [0.3, 0.4) is 0 Å². The molecule has 0 aliphatic heterocycles. The van der Waals surface area contributed by atoms with Crippen LogP contribution in [0.2, 0.25) is 0 Å². The van der Waals surface area contributed by atoms with E-state index in [0.29, 0.717) is 12.4 Å². The Bertz CT molecular complexity index is 1060. The SMILES string of the molecule is Cc1nc(OC(CCN)c2ccc(F)cc2F)c(Br)c(=O)n1Cc1cccnc1. The molecule has 0 aliphatic rings. The molecule has 0 fully saturated rings. The van der Waals surface area contributed by atoms with E-state index in [9.17, 15) is 13.6 Å². The molecular weight excluding hydrogens is 446 g/mol. The van der Waals surface area contributed by atoms with E-state index in [1.165, 1.54) is 10.6 Å². The van der Waals surface area contributed by atoms with Crippen LogP contribution in [0.25, 0.3) is 0 Å². The number of aromatic nitrogens is 3. The molecule has 0 bridgehead atoms. The lowest BCUT2D eigenvalue weighted by molar-refractivity contribution is 0.181. The average molecular weight is 465 g/mol. The van der Waals surface area contributed by atoms with Gasteiger partial charge in [0.25, 0.3) is 5.56 Å². The maximum atomic E-state index is 14.2. The first-order valence-electron chi connectivity index (χ1n) is 8.88. The second-order valence-corrected chi connectivity index (χ2v) is 7.17. The number of nitrogens with zero attached hydrogens (tertiary/aromatic N) is 3. The lowest BCUT2D eigenvalue weighted by atomic mass is 10.1. The molecule has 0 saturated carbocycles. The minimum Gasteiger partial charge on any atom is -0.468 e. The smallest absolute Gasteiger partial charge is 0.272 e. The first-order valence-corrected chi connectivity index (χ1v) is 9.67. The Morgan fingerprint density at radius 2 is 2.10 bits per heavy atom. The molecule has 9 heteroatoms. The topological polar surface area (TPSA) is 83.0 Å². The van der Waals surface area contributed by atoms with E-state index in [4.69, 9.17) is 10.5 Å². The van der Waals surface area contributed by atoms with Gasteiger partial charge in [0.05, 0.1) is 6.54 Å². The van der Waals surface area contributed by atoms with E-state index in [1.54, 1.807) is 25.4 Å². The Labute approximate surface area is 174 Å². The van der Waals surface area contributed by atoms with Crippen LogP contribution in [0, 0.1) is 18.6 Å². The Hall–Kier alpha value is -2.65. The molecule has 1 unspecified atom stereocenters. The summed E-state index contributed by atoms with van der Waals surface area (Å²) in [5.41, 5.74) is 6.27. The third-order valence-electron chi connectivity index (χ3n) is 4.33. The highest BCUT2D eigenvalue weighted by atomic mass is 79.9. The zero-order valence-corrected chi connectivity index (χ0v) is 17.2. The van der Waals surface area contributed by atoms with Gasteiger partial charge < -0.3 is 10.5 Å². The second-order valence-electron chi connectivity index (χ2n) is 6.38. The quantitative estimate of drug-likeness (QED) is 0.578. The maximum absolute atomic E-state index is 14.2. The Kier molecular flexibility index (Phi) is 6.71. The third-order valence-corrected chi connectivity index (χ3v) is 5.01. The molecule has 0 amide bonds. The van der Waals surface area contributed by atoms with Crippen LogP contribution >= 0.6 is 15.9 Å². The molecule has 1 aromatic carbocycles. The summed E-state index contributed by atoms with van der Waals surface area (Å²) in [5.74, 6) is -0.993. The molecule has 152 valence electrons. The minimum atomic E-state index is -0.822. The summed E-state index contributed by atoms with van der Waals surface area (Å²) < 4.78 is 34.9. The fourth-order valence-electron chi connectivity index (χ4n) is 2.88. The Balaban J connectivity index is 1.94. The van der Waals surface area contributed by atoms with E-state index in [-0.39, 0.29) is 34.4 Å². The van der Waals surface area contributed by atoms with Crippen LogP contribution in [-0.4, -0.2) is 21.1 Å². The molecule has 0 aliphatic carbocycles. The van der Waals surface area contributed by atoms with Gasteiger partial charge in [0, 0.05) is 30.4 Å². The lowest BCUT2D eigenvalue weighted by Crippen LogP contribution is -2.26. The number of aryl methyl sites for hydroxylation is 1. The Morgan fingerprint density at radius 3 is 2.76 bits per heavy atom. The van der Waals surface area contributed by atoms with E-state index in [2.05, 4.69) is 25.9 Å². The predicted octanol–water partition coefficient (Wildman–Crippen LogP) is 3.50. The van der Waals surface area contributed by atoms with Gasteiger partial charge in [0.1, 0.15) is 28.0 Å². The van der Waals surface area contributed by atoms with E-state index >= 15 is 0 Å². The summed E-state index contributed by atoms with van der Waals surface area (Å²) in [5, 5.41) is 0. The number of hydrogen-bond donors (Lipinski definition) is 1. The molecule has 3 rings (SSSR count). The van der Waals surface area contributed by atoms with Crippen molar-refractivity contribution in [3.63, 3.8) is 0 Å². The largest absolute Gasteiger partial charge is 0.468 e. The van der Waals surface area contributed by atoms with Crippen LogP contribution in [0.1, 0.15) is 29.5 Å². The molecule has 2 N–H and O–H groups in total. The van der Waals surface area contributed by atoms with Gasteiger partial charge in [-0.2, -0.15) is 4.98 Å². The van der Waals surface area contributed by atoms with Crippen molar-refractivity contribution in [3.8, 4) is 5.88 Å². The molecule has 2 heterocycles. The van der Waals surface area contributed by atoms with Gasteiger partial charge in [0.15, 0.2) is 0 Å². The predicted molar refractivity (Wildman–Crippen MR) is 108 cm³/mol. The fraction of sp³-hybridized carbons (Fsp3) is 0.250. The summed E-state index contributed by atoms with van der Waals surface area (Å²) >= 11 is 3.24.